The number of benzene rings is 2. The van der Waals surface area contributed by atoms with E-state index >= 15 is 0 Å². The minimum atomic E-state index is 0.135. The number of fused-ring (bicyclic) bond motifs is 1. The minimum absolute atomic E-state index is 0.135. The molecule has 4 aromatic rings. The van der Waals surface area contributed by atoms with Gasteiger partial charge in [-0.1, -0.05) is 18.2 Å². The normalized spacial score (nSPS) is 11.1. The number of para-hydroxylation sites is 1. The number of nitrogens with two attached hydrogens (primary N) is 1. The summed E-state index contributed by atoms with van der Waals surface area (Å²) in [6.45, 7) is 3.98. The molecule has 4 rings (SSSR count). The Morgan fingerprint density at radius 2 is 1.74 bits per heavy atom. The molecule has 0 fully saturated rings. The molecule has 7 heteroatoms. The molecule has 0 atom stereocenters. The van der Waals surface area contributed by atoms with Crippen LogP contribution < -0.4 is 15.8 Å². The summed E-state index contributed by atoms with van der Waals surface area (Å²) < 4.78 is 7.16. The smallest absolute Gasteiger partial charge is 0.248 e. The molecule has 0 unspecified atom stereocenters. The Balaban J connectivity index is 1.57. The molecule has 3 N–H and O–H groups in total. The summed E-state index contributed by atoms with van der Waals surface area (Å²) in [6, 6.07) is 19.3. The van der Waals surface area contributed by atoms with Crippen molar-refractivity contribution in [2.45, 2.75) is 20.0 Å². The first-order chi connectivity index (χ1) is 13.1. The number of ether oxygens (including phenoxy) is 1. The van der Waals surface area contributed by atoms with Crippen LogP contribution in [0, 0.1) is 0 Å². The number of hydrogen-bond acceptors (Lipinski definition) is 6. The van der Waals surface area contributed by atoms with Crippen LogP contribution in [0.4, 0.5) is 17.6 Å². The Hall–Kier alpha value is -3.61. The number of nitrogens with zero attached hydrogens (tertiary/aromatic N) is 4. The van der Waals surface area contributed by atoms with E-state index in [9.17, 15) is 0 Å². The molecule has 2 heterocycles. The second-order valence-electron chi connectivity index (χ2n) is 6.38. The lowest BCUT2D eigenvalue weighted by Gasteiger charge is -2.10. The van der Waals surface area contributed by atoms with Crippen LogP contribution in [0.25, 0.3) is 16.7 Å². The van der Waals surface area contributed by atoms with E-state index in [0.29, 0.717) is 11.8 Å². The quantitative estimate of drug-likeness (QED) is 0.560. The third kappa shape index (κ3) is 3.67. The van der Waals surface area contributed by atoms with E-state index in [1.807, 2.05) is 74.5 Å². The fraction of sp³-hybridized carbons (Fsp3) is 0.150. The molecule has 0 amide bonds. The molecule has 0 radical (unpaired) electrons. The van der Waals surface area contributed by atoms with Crippen LogP contribution in [0.3, 0.4) is 0 Å². The molecule has 0 saturated heterocycles. The van der Waals surface area contributed by atoms with Crippen LogP contribution in [0.1, 0.15) is 13.8 Å². The van der Waals surface area contributed by atoms with Gasteiger partial charge in [0.2, 0.25) is 11.9 Å². The lowest BCUT2D eigenvalue weighted by Crippen LogP contribution is -2.05. The number of nitrogens with one attached hydrogen (secondary N) is 1. The molecule has 2 aromatic carbocycles. The van der Waals surface area contributed by atoms with Crippen LogP contribution in [0.5, 0.6) is 5.75 Å². The monoisotopic (exact) mass is 360 g/mol. The Morgan fingerprint density at radius 3 is 2.52 bits per heavy atom. The van der Waals surface area contributed by atoms with Crippen molar-refractivity contribution in [3.05, 3.63) is 60.7 Å². The second-order valence-corrected chi connectivity index (χ2v) is 6.38. The van der Waals surface area contributed by atoms with Crippen molar-refractivity contribution in [2.24, 2.45) is 0 Å². The van der Waals surface area contributed by atoms with Gasteiger partial charge in [0, 0.05) is 11.1 Å². The summed E-state index contributed by atoms with van der Waals surface area (Å²) in [7, 11) is 0. The van der Waals surface area contributed by atoms with Crippen molar-refractivity contribution < 1.29 is 4.74 Å². The molecular formula is C20H20N6O. The number of anilines is 3. The van der Waals surface area contributed by atoms with Gasteiger partial charge >= 0.3 is 0 Å². The summed E-state index contributed by atoms with van der Waals surface area (Å²) in [5.41, 5.74) is 7.76. The van der Waals surface area contributed by atoms with Gasteiger partial charge in [-0.2, -0.15) is 9.67 Å². The molecule has 136 valence electrons. The van der Waals surface area contributed by atoms with E-state index < -0.39 is 0 Å². The number of rotatable bonds is 5. The van der Waals surface area contributed by atoms with Gasteiger partial charge in [-0.3, -0.25) is 0 Å². The van der Waals surface area contributed by atoms with Crippen molar-refractivity contribution in [2.75, 3.05) is 11.1 Å². The first-order valence-electron chi connectivity index (χ1n) is 8.71. The van der Waals surface area contributed by atoms with Gasteiger partial charge in [0.15, 0.2) is 5.82 Å². The molecule has 0 saturated carbocycles. The zero-order valence-electron chi connectivity index (χ0n) is 15.1. The molecule has 0 aliphatic carbocycles. The maximum absolute atomic E-state index is 6.04. The Morgan fingerprint density at radius 1 is 0.963 bits per heavy atom. The summed E-state index contributed by atoms with van der Waals surface area (Å²) in [5.74, 6) is 2.10. The Labute approximate surface area is 156 Å². The lowest BCUT2D eigenvalue weighted by atomic mass is 10.2. The summed E-state index contributed by atoms with van der Waals surface area (Å²) in [4.78, 5) is 8.88. The summed E-state index contributed by atoms with van der Waals surface area (Å²) >= 11 is 0. The molecule has 0 bridgehead atoms. The van der Waals surface area contributed by atoms with E-state index in [2.05, 4.69) is 20.4 Å². The largest absolute Gasteiger partial charge is 0.491 e. The molecule has 0 aliphatic rings. The topological polar surface area (TPSA) is 90.9 Å². The summed E-state index contributed by atoms with van der Waals surface area (Å²) in [5, 5.41) is 8.63. The van der Waals surface area contributed by atoms with Gasteiger partial charge in [0.25, 0.3) is 0 Å². The van der Waals surface area contributed by atoms with E-state index in [1.54, 1.807) is 0 Å². The van der Waals surface area contributed by atoms with Crippen LogP contribution in [-0.4, -0.2) is 25.9 Å². The van der Waals surface area contributed by atoms with Crippen LogP contribution in [0.2, 0.25) is 0 Å². The van der Waals surface area contributed by atoms with Crippen LogP contribution >= 0.6 is 0 Å². The average Bonchev–Trinajstić information content (AvgIpc) is 3.02. The van der Waals surface area contributed by atoms with E-state index in [0.717, 1.165) is 22.3 Å². The lowest BCUT2D eigenvalue weighted by molar-refractivity contribution is 0.242. The highest BCUT2D eigenvalue weighted by Crippen LogP contribution is 2.21. The highest BCUT2D eigenvalue weighted by Gasteiger charge is 2.11. The highest BCUT2D eigenvalue weighted by molar-refractivity contribution is 5.79. The van der Waals surface area contributed by atoms with Crippen molar-refractivity contribution >= 4 is 28.5 Å². The molecule has 27 heavy (non-hydrogen) atoms. The standard InChI is InChI=1S/C20H20N6O/c1-13(2)27-16-10-8-15(9-11-16)22-20-24-19(21)26(25-20)18-12-7-14-5-3-4-6-17(14)23-18/h3-13H,1-2H3,(H3,21,22,24,25). The summed E-state index contributed by atoms with van der Waals surface area (Å²) in [6.07, 6.45) is 0.135. The maximum atomic E-state index is 6.04. The van der Waals surface area contributed by atoms with E-state index in [1.165, 1.54) is 4.68 Å². The third-order valence-electron chi connectivity index (χ3n) is 3.92. The zero-order chi connectivity index (χ0) is 18.8. The Kier molecular flexibility index (Phi) is 4.33. The van der Waals surface area contributed by atoms with Gasteiger partial charge in [0.05, 0.1) is 11.6 Å². The van der Waals surface area contributed by atoms with Crippen molar-refractivity contribution in [1.82, 2.24) is 19.7 Å². The number of hydrogen-bond donors (Lipinski definition) is 2. The van der Waals surface area contributed by atoms with Gasteiger partial charge in [-0.15, -0.1) is 5.10 Å². The van der Waals surface area contributed by atoms with Gasteiger partial charge in [-0.05, 0) is 56.3 Å². The van der Waals surface area contributed by atoms with E-state index in [-0.39, 0.29) is 12.1 Å². The fourth-order valence-electron chi connectivity index (χ4n) is 2.74. The van der Waals surface area contributed by atoms with Crippen LogP contribution in [-0.2, 0) is 0 Å². The predicted octanol–water partition coefficient (Wildman–Crippen LogP) is 3.93. The molecular weight excluding hydrogens is 340 g/mol. The van der Waals surface area contributed by atoms with Crippen molar-refractivity contribution in [3.63, 3.8) is 0 Å². The minimum Gasteiger partial charge on any atom is -0.491 e. The first kappa shape index (κ1) is 16.8. The number of nitrogen functional groups attached to an aromatic ring is 1. The van der Waals surface area contributed by atoms with Gasteiger partial charge < -0.3 is 15.8 Å². The maximum Gasteiger partial charge on any atom is 0.248 e. The van der Waals surface area contributed by atoms with Crippen molar-refractivity contribution in [3.8, 4) is 11.6 Å². The van der Waals surface area contributed by atoms with Crippen LogP contribution in [0.15, 0.2) is 60.7 Å². The molecule has 0 spiro atoms. The molecule has 0 aliphatic heterocycles. The van der Waals surface area contributed by atoms with E-state index in [4.69, 9.17) is 10.5 Å². The predicted molar refractivity (Wildman–Crippen MR) is 107 cm³/mol. The fourth-order valence-corrected chi connectivity index (χ4v) is 2.74. The number of aromatic nitrogens is 4. The molecule has 7 nitrogen and oxygen atoms in total. The van der Waals surface area contributed by atoms with Crippen molar-refractivity contribution in [1.29, 1.82) is 0 Å². The van der Waals surface area contributed by atoms with Gasteiger partial charge in [0.1, 0.15) is 5.75 Å². The third-order valence-corrected chi connectivity index (χ3v) is 3.92. The Bertz CT molecular complexity index is 1070. The SMILES string of the molecule is CC(C)Oc1ccc(Nc2nc(N)n(-c3ccc4ccccc4n3)n2)cc1. The number of pyridine rings is 1. The average molecular weight is 360 g/mol. The molecule has 2 aromatic heterocycles. The highest BCUT2D eigenvalue weighted by atomic mass is 16.5. The first-order valence-corrected chi connectivity index (χ1v) is 8.71. The zero-order valence-corrected chi connectivity index (χ0v) is 15.1. The van der Waals surface area contributed by atoms with Gasteiger partial charge in [-0.25, -0.2) is 4.98 Å². The second kappa shape index (κ2) is 6.95.